The molecule has 0 saturated carbocycles. The zero-order valence-electron chi connectivity index (χ0n) is 10.7. The smallest absolute Gasteiger partial charge is 0.203 e. The number of hydrogen-bond donors (Lipinski definition) is 1. The number of nitrogens with zero attached hydrogens (tertiary/aromatic N) is 3. The van der Waals surface area contributed by atoms with E-state index >= 15 is 0 Å². The van der Waals surface area contributed by atoms with Gasteiger partial charge in [-0.3, -0.25) is 5.43 Å². The summed E-state index contributed by atoms with van der Waals surface area (Å²) < 4.78 is 0. The van der Waals surface area contributed by atoms with E-state index < -0.39 is 0 Å². The molecule has 1 heterocycles. The zero-order valence-corrected chi connectivity index (χ0v) is 11.5. The van der Waals surface area contributed by atoms with E-state index in [0.29, 0.717) is 0 Å². The molecule has 1 N–H and O–H groups in total. The zero-order chi connectivity index (χ0) is 13.0. The molecule has 0 fully saturated rings. The Hall–Kier alpha value is -1.88. The standard InChI is InChI=1S/C13H16N4S/c1-10-9-18-13(15-10)16-14-8-11-4-6-12(7-5-11)17(2)3/h4-9H,1-3H3,(H,15,16). The summed E-state index contributed by atoms with van der Waals surface area (Å²) in [6, 6.07) is 8.20. The van der Waals surface area contributed by atoms with Crippen molar-refractivity contribution in [3.05, 3.63) is 40.9 Å². The molecule has 2 rings (SSSR count). The lowest BCUT2D eigenvalue weighted by atomic mass is 10.2. The number of hydrogen-bond acceptors (Lipinski definition) is 5. The van der Waals surface area contributed by atoms with Crippen molar-refractivity contribution in [1.82, 2.24) is 4.98 Å². The van der Waals surface area contributed by atoms with E-state index in [1.165, 1.54) is 5.69 Å². The summed E-state index contributed by atoms with van der Waals surface area (Å²) >= 11 is 1.55. The number of nitrogens with one attached hydrogen (secondary N) is 1. The van der Waals surface area contributed by atoms with Crippen LogP contribution in [-0.2, 0) is 0 Å². The van der Waals surface area contributed by atoms with E-state index in [4.69, 9.17) is 0 Å². The fraction of sp³-hybridized carbons (Fsp3) is 0.231. The Morgan fingerprint density at radius 2 is 2.00 bits per heavy atom. The molecular weight excluding hydrogens is 244 g/mol. The molecule has 0 radical (unpaired) electrons. The number of aryl methyl sites for hydroxylation is 1. The summed E-state index contributed by atoms with van der Waals surface area (Å²) in [5, 5.41) is 6.96. The quantitative estimate of drug-likeness (QED) is 0.678. The van der Waals surface area contributed by atoms with Crippen molar-refractivity contribution >= 4 is 28.4 Å². The number of hydrazone groups is 1. The fourth-order valence-electron chi connectivity index (χ4n) is 1.43. The van der Waals surface area contributed by atoms with Crippen LogP contribution in [0.5, 0.6) is 0 Å². The van der Waals surface area contributed by atoms with Crippen molar-refractivity contribution in [1.29, 1.82) is 0 Å². The minimum Gasteiger partial charge on any atom is -0.378 e. The van der Waals surface area contributed by atoms with Crippen LogP contribution >= 0.6 is 11.3 Å². The first-order valence-corrected chi connectivity index (χ1v) is 6.52. The number of anilines is 2. The summed E-state index contributed by atoms with van der Waals surface area (Å²) in [5.74, 6) is 0. The lowest BCUT2D eigenvalue weighted by molar-refractivity contribution is 1.13. The second-order valence-electron chi connectivity index (χ2n) is 4.15. The van der Waals surface area contributed by atoms with Crippen LogP contribution < -0.4 is 10.3 Å². The highest BCUT2D eigenvalue weighted by molar-refractivity contribution is 7.13. The Labute approximate surface area is 111 Å². The molecule has 94 valence electrons. The van der Waals surface area contributed by atoms with Crippen LogP contribution in [0, 0.1) is 6.92 Å². The van der Waals surface area contributed by atoms with E-state index in [1.54, 1.807) is 17.6 Å². The van der Waals surface area contributed by atoms with Crippen molar-refractivity contribution in [3.63, 3.8) is 0 Å². The molecule has 2 aromatic rings. The van der Waals surface area contributed by atoms with Crippen LogP contribution in [0.25, 0.3) is 0 Å². The van der Waals surface area contributed by atoms with Crippen molar-refractivity contribution in [2.45, 2.75) is 6.92 Å². The summed E-state index contributed by atoms with van der Waals surface area (Å²) in [6.45, 7) is 1.96. The molecule has 0 unspecified atom stereocenters. The van der Waals surface area contributed by atoms with Gasteiger partial charge in [-0.2, -0.15) is 5.10 Å². The first-order valence-electron chi connectivity index (χ1n) is 5.64. The maximum Gasteiger partial charge on any atom is 0.203 e. The SMILES string of the molecule is Cc1csc(NN=Cc2ccc(N(C)C)cc2)n1. The molecule has 0 aliphatic carbocycles. The van der Waals surface area contributed by atoms with E-state index in [2.05, 4.69) is 32.5 Å². The van der Waals surface area contributed by atoms with Gasteiger partial charge in [-0.15, -0.1) is 11.3 Å². The average molecular weight is 260 g/mol. The fourth-order valence-corrected chi connectivity index (χ4v) is 2.06. The molecule has 0 aliphatic heterocycles. The van der Waals surface area contributed by atoms with E-state index in [-0.39, 0.29) is 0 Å². The molecule has 0 saturated heterocycles. The molecule has 18 heavy (non-hydrogen) atoms. The highest BCUT2D eigenvalue weighted by atomic mass is 32.1. The Morgan fingerprint density at radius 3 is 2.56 bits per heavy atom. The second kappa shape index (κ2) is 5.64. The summed E-state index contributed by atoms with van der Waals surface area (Å²) in [7, 11) is 4.05. The van der Waals surface area contributed by atoms with Crippen molar-refractivity contribution in [2.75, 3.05) is 24.4 Å². The molecule has 1 aromatic carbocycles. The summed E-state index contributed by atoms with van der Waals surface area (Å²) in [6.07, 6.45) is 1.79. The Balaban J connectivity index is 1.96. The minimum absolute atomic E-state index is 0.814. The van der Waals surface area contributed by atoms with E-state index in [9.17, 15) is 0 Å². The van der Waals surface area contributed by atoms with Gasteiger partial charge in [0.2, 0.25) is 5.13 Å². The van der Waals surface area contributed by atoms with E-state index in [1.807, 2.05) is 38.5 Å². The molecule has 0 aliphatic rings. The third kappa shape index (κ3) is 3.30. The summed E-state index contributed by atoms with van der Waals surface area (Å²) in [4.78, 5) is 6.33. The van der Waals surface area contributed by atoms with Crippen molar-refractivity contribution in [2.24, 2.45) is 5.10 Å². The van der Waals surface area contributed by atoms with Gasteiger partial charge in [0.05, 0.1) is 11.9 Å². The number of aromatic nitrogens is 1. The van der Waals surface area contributed by atoms with Crippen molar-refractivity contribution in [3.8, 4) is 0 Å². The minimum atomic E-state index is 0.814. The molecule has 1 aromatic heterocycles. The van der Waals surface area contributed by atoms with Crippen LogP contribution in [0.3, 0.4) is 0 Å². The third-order valence-electron chi connectivity index (χ3n) is 2.40. The van der Waals surface area contributed by atoms with Gasteiger partial charge in [0.15, 0.2) is 0 Å². The van der Waals surface area contributed by atoms with Gasteiger partial charge < -0.3 is 4.90 Å². The predicted octanol–water partition coefficient (Wildman–Crippen LogP) is 2.96. The Morgan fingerprint density at radius 1 is 1.28 bits per heavy atom. The van der Waals surface area contributed by atoms with Crippen LogP contribution in [0.2, 0.25) is 0 Å². The average Bonchev–Trinajstić information content (AvgIpc) is 2.76. The van der Waals surface area contributed by atoms with Gasteiger partial charge in [0, 0.05) is 25.2 Å². The Kier molecular flexibility index (Phi) is 3.94. The molecule has 4 nitrogen and oxygen atoms in total. The highest BCUT2D eigenvalue weighted by Gasteiger charge is 1.95. The first kappa shape index (κ1) is 12.6. The molecule has 5 heteroatoms. The third-order valence-corrected chi connectivity index (χ3v) is 3.27. The molecular formula is C13H16N4S. The Bertz CT molecular complexity index is 528. The van der Waals surface area contributed by atoms with Crippen LogP contribution in [-0.4, -0.2) is 25.3 Å². The largest absolute Gasteiger partial charge is 0.378 e. The van der Waals surface area contributed by atoms with Gasteiger partial charge >= 0.3 is 0 Å². The molecule has 0 amide bonds. The van der Waals surface area contributed by atoms with Crippen LogP contribution in [0.4, 0.5) is 10.8 Å². The lowest BCUT2D eigenvalue weighted by Gasteiger charge is -2.11. The van der Waals surface area contributed by atoms with Crippen LogP contribution in [0.1, 0.15) is 11.3 Å². The van der Waals surface area contributed by atoms with Gasteiger partial charge in [-0.1, -0.05) is 12.1 Å². The number of rotatable bonds is 4. The molecule has 0 bridgehead atoms. The summed E-state index contributed by atoms with van der Waals surface area (Å²) in [5.41, 5.74) is 6.16. The van der Waals surface area contributed by atoms with Gasteiger partial charge in [0.25, 0.3) is 0 Å². The number of benzene rings is 1. The second-order valence-corrected chi connectivity index (χ2v) is 5.01. The maximum atomic E-state index is 4.27. The van der Waals surface area contributed by atoms with Crippen molar-refractivity contribution < 1.29 is 0 Å². The number of thiazole rings is 1. The first-order chi connectivity index (χ1) is 8.65. The topological polar surface area (TPSA) is 40.5 Å². The lowest BCUT2D eigenvalue weighted by Crippen LogP contribution is -2.08. The normalized spacial score (nSPS) is 10.8. The molecule has 0 atom stereocenters. The highest BCUT2D eigenvalue weighted by Crippen LogP contribution is 2.14. The predicted molar refractivity (Wildman–Crippen MR) is 78.8 cm³/mol. The van der Waals surface area contributed by atoms with Crippen LogP contribution in [0.15, 0.2) is 34.7 Å². The maximum absolute atomic E-state index is 4.27. The van der Waals surface area contributed by atoms with Gasteiger partial charge in [-0.25, -0.2) is 4.98 Å². The van der Waals surface area contributed by atoms with Gasteiger partial charge in [0.1, 0.15) is 0 Å². The van der Waals surface area contributed by atoms with Gasteiger partial charge in [-0.05, 0) is 24.6 Å². The monoisotopic (exact) mass is 260 g/mol. The molecule has 0 spiro atoms. The van der Waals surface area contributed by atoms with E-state index in [0.717, 1.165) is 16.4 Å².